The molecule has 8 unspecified atom stereocenters. The van der Waals surface area contributed by atoms with Crippen LogP contribution in [0.1, 0.15) is 190 Å². The summed E-state index contributed by atoms with van der Waals surface area (Å²) in [5, 5.41) is 88.1. The average molecular weight is 1680 g/mol. The van der Waals surface area contributed by atoms with Crippen molar-refractivity contribution in [1.29, 1.82) is 0 Å². The molecule has 40 nitrogen and oxygen atoms in total. The number of carboxylic acids is 3. The highest BCUT2D eigenvalue weighted by atomic mass is 32.2. The Labute approximate surface area is 684 Å². The van der Waals surface area contributed by atoms with E-state index in [-0.39, 0.29) is 125 Å². The van der Waals surface area contributed by atoms with E-state index in [0.29, 0.717) is 36.4 Å². The number of phenols is 2. The Bertz CT molecular complexity index is 4790. The monoisotopic (exact) mass is 1680 g/mol. The summed E-state index contributed by atoms with van der Waals surface area (Å²) in [6.45, 7) is 10.8. The average Bonchev–Trinajstić information content (AvgIpc) is 0.985. The maximum absolute atomic E-state index is 14.0. The van der Waals surface area contributed by atoms with Crippen molar-refractivity contribution in [3.8, 4) is 11.5 Å². The maximum Gasteiger partial charge on any atom is 0.327 e. The summed E-state index contributed by atoms with van der Waals surface area (Å²) in [4.78, 5) is 180. The molecule has 119 heavy (non-hydrogen) atoms. The number of likely N-dealkylation sites (tertiary alicyclic amines) is 1. The number of likely N-dealkylation sites (N-methyl/N-ethyl adjacent to an activating group) is 1. The van der Waals surface area contributed by atoms with Crippen molar-refractivity contribution in [3.05, 3.63) is 110 Å². The number of carbonyl (C=O) groups is 12. The number of aliphatic hydroxyl groups is 2. The molecule has 5 aromatic rings. The number of esters is 1. The van der Waals surface area contributed by atoms with Crippen LogP contribution in [0.5, 0.6) is 11.5 Å². The number of aromatic hydroxyl groups is 2. The number of fused-ring (bicyclic) bond motifs is 4. The van der Waals surface area contributed by atoms with Gasteiger partial charge in [0.25, 0.3) is 11.5 Å². The van der Waals surface area contributed by atoms with Crippen molar-refractivity contribution in [3.63, 3.8) is 0 Å². The summed E-state index contributed by atoms with van der Waals surface area (Å²) in [6, 6.07) is 6.42. The van der Waals surface area contributed by atoms with Crippen LogP contribution >= 0.6 is 11.8 Å². The second kappa shape index (κ2) is 39.2. The van der Waals surface area contributed by atoms with Crippen LogP contribution in [0.15, 0.2) is 64.6 Å². The highest BCUT2D eigenvalue weighted by Crippen LogP contribution is 2.54. The number of aromatic amines is 1. The number of nitrogen functional groups attached to an aromatic ring is 1. The standard InChI is InChI=1S/C45H59N3O15.C33H38N10O12S/c1-9-31(51)47-46-26-14-15-32(58-20(26)3)62-43-22(5)60-34(18-29(43)50)63-42-21(4)59-33(17-27(42)48(6)7)61-30-19-45(56,10-2)38(44(55)57-8)24-16-25-37(41(54)36(24)30)40(53)35-23(39(25)52)12-11-13-28(35)49;1-2-43-24(46)11-21(29(43)49)56-14-20(32(54)55)39-23(45)9-7-18(30(50)51)38-22(44)10-8-19(31(52)53)40-27(47)15-3-5-16(6-4-15)35-12-17-13-36-26-25(37-17)28(48)42-33(34)41-26/h11-13,16,20-22,27,29-30,32-34,38,42-43,49-50,54,56H,9-10,14-15,17-19H2,1-8H3,(H,47,51);3-6,13,18-21,35H,2,7-12,14H2,1H3,(H,38,44)(H,39,45)(H,40,47)(H,50,51)(H,52,53)(H,54,55)(H3,34,36,41,42,48)/b46-26-;/t20?,21?,22?,27-,29-,30+,32?,33+,34+,38+,42-,43-,45-;/m1./s1. The molecule has 41 heteroatoms. The quantitative estimate of drug-likeness (QED) is 0.0168. The smallest absolute Gasteiger partial charge is 0.327 e. The number of hydrogen-bond acceptors (Lipinski definition) is 32. The summed E-state index contributed by atoms with van der Waals surface area (Å²) in [6.07, 6.45) is -6.49. The second-order valence-corrected chi connectivity index (χ2v) is 30.8. The van der Waals surface area contributed by atoms with Gasteiger partial charge < -0.3 is 101 Å². The number of benzene rings is 3. The van der Waals surface area contributed by atoms with Crippen molar-refractivity contribution >= 4 is 111 Å². The topological polar surface area (TPSA) is 588 Å². The Morgan fingerprint density at radius 3 is 2.03 bits per heavy atom. The maximum atomic E-state index is 14.0. The molecule has 2 aromatic heterocycles. The number of thioether (sulfide) groups is 1. The van der Waals surface area contributed by atoms with Crippen LogP contribution in [0, 0.1) is 0 Å². The molecule has 4 fully saturated rings. The molecule has 0 bridgehead atoms. The highest BCUT2D eigenvalue weighted by Gasteiger charge is 2.54. The molecule has 4 aliphatic heterocycles. The molecule has 6 amide bonds. The summed E-state index contributed by atoms with van der Waals surface area (Å²) in [5.41, 5.74) is 6.79. The summed E-state index contributed by atoms with van der Waals surface area (Å²) >= 11 is 0.900. The second-order valence-electron chi connectivity index (χ2n) is 29.6. The first-order chi connectivity index (χ1) is 56.5. The minimum Gasteiger partial charge on any atom is -0.507 e. The number of hydrogen-bond donors (Lipinski definition) is 14. The lowest BCUT2D eigenvalue weighted by molar-refractivity contribution is -0.324. The number of hydrazone groups is 1. The van der Waals surface area contributed by atoms with E-state index < -0.39 is 198 Å². The molecule has 0 spiro atoms. The number of aliphatic carboxylic acids is 3. The van der Waals surface area contributed by atoms with Crippen molar-refractivity contribution in [2.75, 3.05) is 44.6 Å². The summed E-state index contributed by atoms with van der Waals surface area (Å²) < 4.78 is 43.3. The lowest BCUT2D eigenvalue weighted by atomic mass is 9.67. The number of carbonyl (C=O) groups excluding carboxylic acids is 9. The third-order valence-corrected chi connectivity index (χ3v) is 22.7. The fourth-order valence-electron chi connectivity index (χ4n) is 15.0. The first-order valence-electron chi connectivity index (χ1n) is 38.6. The molecular formula is C78H97N13O27S. The van der Waals surface area contributed by atoms with Gasteiger partial charge in [-0.25, -0.2) is 29.8 Å². The molecular weight excluding hydrogens is 1580 g/mol. The van der Waals surface area contributed by atoms with Crippen molar-refractivity contribution in [2.24, 2.45) is 5.10 Å². The Balaban J connectivity index is 0.000000252. The number of carboxylic acid groups (broad SMARTS) is 3. The van der Waals surface area contributed by atoms with Gasteiger partial charge in [-0.1, -0.05) is 26.0 Å². The number of H-pyrrole nitrogens is 1. The number of amides is 6. The number of ether oxygens (including phenoxy) is 7. The predicted molar refractivity (Wildman–Crippen MR) is 418 cm³/mol. The number of nitrogens with two attached hydrogens (primary N) is 1. The van der Waals surface area contributed by atoms with Crippen LogP contribution < -0.4 is 38.0 Å². The van der Waals surface area contributed by atoms with Crippen LogP contribution in [0.3, 0.4) is 0 Å². The number of rotatable bonds is 31. The first kappa shape index (κ1) is 90.3. The van der Waals surface area contributed by atoms with Crippen molar-refractivity contribution in [1.82, 2.24) is 51.1 Å². The van der Waals surface area contributed by atoms with Gasteiger partial charge in [0.2, 0.25) is 41.3 Å². The molecule has 17 atom stereocenters. The number of nitrogens with zero attached hydrogens (tertiary/aromatic N) is 6. The SMILES string of the molecule is CCC(=O)N/N=C1/CCC(O[C@@H]2C(C)O[C@@H](O[C@@H]3C(C)O[C@@H](O[C@H]4C[C@](O)(CC)[C@H](C(=O)OC)c5cc6c(c(O)c54)C(=O)c4c(O)cccc4C6=O)C[C@H]3N(C)C)C[C@H]2O)OC1C.CCN1C(=O)CC(SCC(NC(=O)CCC(NC(=O)CCC(NC(=O)c2ccc(NCc3cnc4nc(N)[nH]c(=O)c4n3)cc2)C(=O)O)C(=O)O)C(=O)O)C1=O. The third-order valence-electron chi connectivity index (χ3n) is 21.4. The number of imide groups is 1. The number of phenolic OH excluding ortho intramolecular Hbond substituents is 2. The van der Waals surface area contributed by atoms with Crippen molar-refractivity contribution in [2.45, 2.75) is 228 Å². The zero-order valence-corrected chi connectivity index (χ0v) is 67.3. The molecule has 6 heterocycles. The fourth-order valence-corrected chi connectivity index (χ4v) is 16.2. The largest absolute Gasteiger partial charge is 0.507 e. The molecule has 3 aromatic carbocycles. The molecule has 2 aliphatic carbocycles. The third kappa shape index (κ3) is 21.2. The fraction of sp³-hybridized carbons (Fsp3) is 0.526. The number of nitrogens with one attached hydrogen (secondary N) is 6. The van der Waals surface area contributed by atoms with Gasteiger partial charge in [0.05, 0.1) is 83.8 Å². The molecule has 642 valence electrons. The molecule has 0 saturated carbocycles. The molecule has 0 radical (unpaired) electrons. The van der Waals surface area contributed by atoms with Gasteiger partial charge >= 0.3 is 23.9 Å². The zero-order valence-electron chi connectivity index (χ0n) is 66.5. The number of aliphatic hydroxyl groups excluding tert-OH is 1. The number of aromatic nitrogens is 4. The first-order valence-corrected chi connectivity index (χ1v) is 39.6. The Hall–Kier alpha value is -11.0. The van der Waals surface area contributed by atoms with Crippen LogP contribution in [0.4, 0.5) is 11.6 Å². The summed E-state index contributed by atoms with van der Waals surface area (Å²) in [5.74, 6) is -12.9. The van der Waals surface area contributed by atoms with Crippen molar-refractivity contribution < 1.29 is 126 Å². The Morgan fingerprint density at radius 1 is 0.782 bits per heavy atom. The van der Waals surface area contributed by atoms with E-state index in [1.54, 1.807) is 27.7 Å². The van der Waals surface area contributed by atoms with Crippen LogP contribution in [0.25, 0.3) is 11.2 Å². The van der Waals surface area contributed by atoms with Crippen LogP contribution in [-0.4, -0.2) is 266 Å². The molecule has 15 N–H and O–H groups in total. The van der Waals surface area contributed by atoms with Gasteiger partial charge in [0, 0.05) is 97.6 Å². The van der Waals surface area contributed by atoms with Gasteiger partial charge in [0.1, 0.15) is 47.8 Å². The van der Waals surface area contributed by atoms with E-state index in [1.807, 2.05) is 32.8 Å². The Morgan fingerprint density at radius 2 is 1.42 bits per heavy atom. The van der Waals surface area contributed by atoms with E-state index in [4.69, 9.17) is 38.9 Å². The van der Waals surface area contributed by atoms with E-state index in [0.717, 1.165) is 16.7 Å². The van der Waals surface area contributed by atoms with Crippen LogP contribution in [0.2, 0.25) is 0 Å². The lowest BCUT2D eigenvalue weighted by Gasteiger charge is -2.48. The van der Waals surface area contributed by atoms with Gasteiger partial charge in [-0.05, 0) is 109 Å². The highest BCUT2D eigenvalue weighted by molar-refractivity contribution is 8.00. The minimum absolute atomic E-state index is 0.00185. The minimum atomic E-state index is -1.76. The van der Waals surface area contributed by atoms with E-state index in [2.05, 4.69) is 51.7 Å². The molecule has 11 rings (SSSR count). The van der Waals surface area contributed by atoms with Gasteiger partial charge in [-0.15, -0.1) is 11.8 Å². The van der Waals surface area contributed by atoms with Gasteiger partial charge in [0.15, 0.2) is 35.8 Å². The Kier molecular flexibility index (Phi) is 29.8. The van der Waals surface area contributed by atoms with Gasteiger partial charge in [-0.2, -0.15) is 10.1 Å². The van der Waals surface area contributed by atoms with Crippen LogP contribution in [-0.2, 0) is 82.9 Å². The van der Waals surface area contributed by atoms with Gasteiger partial charge in [-0.3, -0.25) is 57.8 Å². The zero-order chi connectivity index (χ0) is 86.8. The number of anilines is 2. The normalized spacial score (nSPS) is 25.7. The van der Waals surface area contributed by atoms with E-state index in [9.17, 15) is 98.1 Å². The summed E-state index contributed by atoms with van der Waals surface area (Å²) in [7, 11) is 4.92. The predicted octanol–water partition coefficient (Wildman–Crippen LogP) is 2.14. The van der Waals surface area contributed by atoms with E-state index >= 15 is 0 Å². The lowest BCUT2D eigenvalue weighted by Crippen LogP contribution is -2.58. The number of ketones is 2. The molecule has 4 saturated heterocycles. The molecule has 6 aliphatic rings. The number of methoxy groups -OCH3 is 1. The van der Waals surface area contributed by atoms with E-state index in [1.165, 1.54) is 61.8 Å².